The van der Waals surface area contributed by atoms with Gasteiger partial charge in [-0.05, 0) is 29.8 Å². The number of benzene rings is 1. The molecule has 1 aromatic heterocycles. The van der Waals surface area contributed by atoms with Crippen LogP contribution in [0.3, 0.4) is 0 Å². The Bertz CT molecular complexity index is 704. The number of hydrogen-bond acceptors (Lipinski definition) is 4. The van der Waals surface area contributed by atoms with Crippen molar-refractivity contribution in [2.75, 3.05) is 7.11 Å². The zero-order valence-corrected chi connectivity index (χ0v) is 12.3. The number of hydrogen-bond donors (Lipinski definition) is 1. The number of nitrogens with one attached hydrogen (secondary N) is 1. The minimum atomic E-state index is -3.69. The highest BCUT2D eigenvalue weighted by Crippen LogP contribution is 2.18. The van der Waals surface area contributed by atoms with E-state index in [-0.39, 0.29) is 16.6 Å². The third-order valence-corrected chi connectivity index (χ3v) is 4.46. The largest absolute Gasteiger partial charge is 0.497 e. The Kier molecular flexibility index (Phi) is 4.59. The van der Waals surface area contributed by atoms with Gasteiger partial charge in [0.25, 0.3) is 0 Å². The minimum Gasteiger partial charge on any atom is -0.497 e. The molecule has 1 aromatic carbocycles. The van der Waals surface area contributed by atoms with Crippen molar-refractivity contribution in [3.63, 3.8) is 0 Å². The highest BCUT2D eigenvalue weighted by molar-refractivity contribution is 7.89. The predicted octanol–water partition coefficient (Wildman–Crippen LogP) is 2.22. The first kappa shape index (κ1) is 14.8. The van der Waals surface area contributed by atoms with Crippen LogP contribution in [0, 0.1) is 0 Å². The van der Waals surface area contributed by atoms with E-state index >= 15 is 0 Å². The van der Waals surface area contributed by atoms with E-state index in [0.717, 1.165) is 5.56 Å². The van der Waals surface area contributed by atoms with E-state index in [1.54, 1.807) is 31.4 Å². The lowest BCUT2D eigenvalue weighted by atomic mass is 10.2. The summed E-state index contributed by atoms with van der Waals surface area (Å²) in [6, 6.07) is 10.1. The molecule has 0 spiro atoms. The summed E-state index contributed by atoms with van der Waals surface area (Å²) in [6.45, 7) is 0.144. The van der Waals surface area contributed by atoms with E-state index in [2.05, 4.69) is 9.71 Å². The summed E-state index contributed by atoms with van der Waals surface area (Å²) in [7, 11) is -2.14. The fourth-order valence-corrected chi connectivity index (χ4v) is 3.08. The Hall–Kier alpha value is -1.63. The Morgan fingerprint density at radius 2 is 2.10 bits per heavy atom. The summed E-state index contributed by atoms with van der Waals surface area (Å²) in [4.78, 5) is 3.72. The maximum atomic E-state index is 12.1. The second kappa shape index (κ2) is 6.21. The zero-order valence-electron chi connectivity index (χ0n) is 10.7. The molecule has 0 atom stereocenters. The van der Waals surface area contributed by atoms with Crippen LogP contribution in [0.2, 0.25) is 5.15 Å². The first-order valence-corrected chi connectivity index (χ1v) is 7.62. The number of aromatic nitrogens is 1. The van der Waals surface area contributed by atoms with Crippen LogP contribution in [0.1, 0.15) is 5.56 Å². The lowest BCUT2D eigenvalue weighted by Gasteiger charge is -2.08. The monoisotopic (exact) mass is 312 g/mol. The number of ether oxygens (including phenoxy) is 1. The third kappa shape index (κ3) is 3.47. The molecule has 1 N–H and O–H groups in total. The second-order valence-electron chi connectivity index (χ2n) is 3.97. The van der Waals surface area contributed by atoms with Crippen LogP contribution in [-0.2, 0) is 16.6 Å². The highest BCUT2D eigenvalue weighted by Gasteiger charge is 2.17. The topological polar surface area (TPSA) is 68.3 Å². The van der Waals surface area contributed by atoms with E-state index in [9.17, 15) is 8.42 Å². The fourth-order valence-electron chi connectivity index (χ4n) is 1.61. The molecule has 2 rings (SSSR count). The quantitative estimate of drug-likeness (QED) is 0.860. The number of methoxy groups -OCH3 is 1. The molecule has 0 bridgehead atoms. The number of halogens is 1. The van der Waals surface area contributed by atoms with Crippen molar-refractivity contribution in [3.05, 3.63) is 53.3 Å². The molecule has 0 fully saturated rings. The average molecular weight is 313 g/mol. The van der Waals surface area contributed by atoms with Crippen molar-refractivity contribution in [1.82, 2.24) is 9.71 Å². The van der Waals surface area contributed by atoms with E-state index in [1.807, 2.05) is 0 Å². The van der Waals surface area contributed by atoms with Crippen LogP contribution >= 0.6 is 11.6 Å². The molecule has 0 unspecified atom stereocenters. The van der Waals surface area contributed by atoms with Crippen LogP contribution < -0.4 is 9.46 Å². The van der Waals surface area contributed by atoms with Crippen LogP contribution in [0.5, 0.6) is 5.75 Å². The van der Waals surface area contributed by atoms with Gasteiger partial charge in [-0.15, -0.1) is 0 Å². The number of rotatable bonds is 5. The molecule has 2 aromatic rings. The summed E-state index contributed by atoms with van der Waals surface area (Å²) in [5.41, 5.74) is 0.785. The molecule has 106 valence electrons. The molecule has 0 amide bonds. The van der Waals surface area contributed by atoms with Gasteiger partial charge in [-0.1, -0.05) is 23.7 Å². The Labute approximate surface area is 122 Å². The van der Waals surface area contributed by atoms with Gasteiger partial charge in [0.1, 0.15) is 15.8 Å². The summed E-state index contributed by atoms with van der Waals surface area (Å²) in [6.07, 6.45) is 1.43. The molecule has 0 aliphatic carbocycles. The van der Waals surface area contributed by atoms with E-state index < -0.39 is 10.0 Å². The Balaban J connectivity index is 2.15. The minimum absolute atomic E-state index is 0.0374. The summed E-state index contributed by atoms with van der Waals surface area (Å²) in [5.74, 6) is 0.668. The Morgan fingerprint density at radius 3 is 2.80 bits per heavy atom. The van der Waals surface area contributed by atoms with Crippen molar-refractivity contribution in [3.8, 4) is 5.75 Å². The standard InChI is InChI=1S/C13H13ClN2O3S/c1-19-11-5-2-4-10(8-11)9-16-20(17,18)12-6-3-7-15-13(12)14/h2-8,16H,9H2,1H3. The molecular weight excluding hydrogens is 300 g/mol. The Morgan fingerprint density at radius 1 is 1.30 bits per heavy atom. The van der Waals surface area contributed by atoms with Crippen molar-refractivity contribution in [1.29, 1.82) is 0 Å². The highest BCUT2D eigenvalue weighted by atomic mass is 35.5. The third-order valence-electron chi connectivity index (χ3n) is 2.61. The van der Waals surface area contributed by atoms with Crippen LogP contribution in [-0.4, -0.2) is 20.5 Å². The van der Waals surface area contributed by atoms with Crippen LogP contribution in [0.4, 0.5) is 0 Å². The molecule has 0 aliphatic rings. The second-order valence-corrected chi connectivity index (χ2v) is 6.06. The van der Waals surface area contributed by atoms with Crippen LogP contribution in [0.15, 0.2) is 47.5 Å². The van der Waals surface area contributed by atoms with Gasteiger partial charge < -0.3 is 4.74 Å². The summed E-state index contributed by atoms with van der Waals surface area (Å²) < 4.78 is 31.8. The number of sulfonamides is 1. The fraction of sp³-hybridized carbons (Fsp3) is 0.154. The number of pyridine rings is 1. The van der Waals surface area contributed by atoms with Gasteiger partial charge in [-0.3, -0.25) is 0 Å². The van der Waals surface area contributed by atoms with Crippen LogP contribution in [0.25, 0.3) is 0 Å². The van der Waals surface area contributed by atoms with Crippen molar-refractivity contribution in [2.24, 2.45) is 0 Å². The molecular formula is C13H13ClN2O3S. The van der Waals surface area contributed by atoms with Gasteiger partial charge in [-0.25, -0.2) is 18.1 Å². The van der Waals surface area contributed by atoms with E-state index in [1.165, 1.54) is 18.3 Å². The van der Waals surface area contributed by atoms with Gasteiger partial charge in [0.15, 0.2) is 0 Å². The normalized spacial score (nSPS) is 11.3. The first-order chi connectivity index (χ1) is 9.53. The van der Waals surface area contributed by atoms with Crippen molar-refractivity contribution >= 4 is 21.6 Å². The maximum Gasteiger partial charge on any atom is 0.243 e. The van der Waals surface area contributed by atoms with E-state index in [4.69, 9.17) is 16.3 Å². The van der Waals surface area contributed by atoms with Gasteiger partial charge in [0.05, 0.1) is 7.11 Å². The number of nitrogens with zero attached hydrogens (tertiary/aromatic N) is 1. The zero-order chi connectivity index (χ0) is 14.6. The summed E-state index contributed by atoms with van der Waals surface area (Å²) >= 11 is 5.79. The molecule has 0 aliphatic heterocycles. The first-order valence-electron chi connectivity index (χ1n) is 5.76. The molecule has 0 saturated heterocycles. The molecule has 1 heterocycles. The molecule has 20 heavy (non-hydrogen) atoms. The predicted molar refractivity (Wildman–Crippen MR) is 76.3 cm³/mol. The lowest BCUT2D eigenvalue weighted by Crippen LogP contribution is -2.23. The average Bonchev–Trinajstić information content (AvgIpc) is 2.46. The maximum absolute atomic E-state index is 12.1. The van der Waals surface area contributed by atoms with Gasteiger partial charge in [-0.2, -0.15) is 0 Å². The lowest BCUT2D eigenvalue weighted by molar-refractivity contribution is 0.414. The smallest absolute Gasteiger partial charge is 0.243 e. The SMILES string of the molecule is COc1cccc(CNS(=O)(=O)c2cccnc2Cl)c1. The van der Waals surface area contributed by atoms with Gasteiger partial charge in [0.2, 0.25) is 10.0 Å². The van der Waals surface area contributed by atoms with Gasteiger partial charge >= 0.3 is 0 Å². The summed E-state index contributed by atoms with van der Waals surface area (Å²) in [5, 5.41) is -0.0503. The molecule has 0 radical (unpaired) electrons. The molecule has 7 heteroatoms. The van der Waals surface area contributed by atoms with Crippen molar-refractivity contribution in [2.45, 2.75) is 11.4 Å². The van der Waals surface area contributed by atoms with Crippen molar-refractivity contribution < 1.29 is 13.2 Å². The molecule has 5 nitrogen and oxygen atoms in total. The van der Waals surface area contributed by atoms with Gasteiger partial charge in [0, 0.05) is 12.7 Å². The molecule has 0 saturated carbocycles. The van der Waals surface area contributed by atoms with E-state index in [0.29, 0.717) is 5.75 Å².